The first kappa shape index (κ1) is 19.1. The number of ether oxygens (including phenoxy) is 2. The first-order valence-electron chi connectivity index (χ1n) is 8.19. The first-order chi connectivity index (χ1) is 11.9. The zero-order chi connectivity index (χ0) is 18.4. The topological polar surface area (TPSA) is 55.8 Å². The second-order valence-electron chi connectivity index (χ2n) is 5.76. The van der Waals surface area contributed by atoms with Gasteiger partial charge >= 0.3 is 0 Å². The fourth-order valence-electron chi connectivity index (χ4n) is 2.72. The van der Waals surface area contributed by atoms with E-state index in [9.17, 15) is 8.42 Å². The molecule has 0 N–H and O–H groups in total. The maximum Gasteiger partial charge on any atom is 0.235 e. The summed E-state index contributed by atoms with van der Waals surface area (Å²) in [6, 6.07) is 13.0. The van der Waals surface area contributed by atoms with Crippen LogP contribution < -0.4 is 13.8 Å². The fourth-order valence-corrected chi connectivity index (χ4v) is 4.26. The van der Waals surface area contributed by atoms with Crippen LogP contribution in [-0.4, -0.2) is 34.9 Å². The highest BCUT2D eigenvalue weighted by atomic mass is 32.2. The third kappa shape index (κ3) is 4.66. The largest absolute Gasteiger partial charge is 0.493 e. The fraction of sp³-hybridized carbons (Fsp3) is 0.368. The SMILES string of the molecule is CCN(c1cccc(C)c1)S(=O)(=O)CCc1ccc(OC)c(OC)c1. The molecular weight excluding hydrogens is 338 g/mol. The van der Waals surface area contributed by atoms with E-state index in [0.29, 0.717) is 30.2 Å². The normalized spacial score (nSPS) is 11.2. The van der Waals surface area contributed by atoms with Crippen LogP contribution in [0.1, 0.15) is 18.1 Å². The van der Waals surface area contributed by atoms with Crippen LogP contribution in [0.25, 0.3) is 0 Å². The molecule has 0 saturated carbocycles. The Kier molecular flexibility index (Phi) is 6.31. The van der Waals surface area contributed by atoms with Gasteiger partial charge in [-0.1, -0.05) is 18.2 Å². The summed E-state index contributed by atoms with van der Waals surface area (Å²) < 4.78 is 37.5. The Balaban J connectivity index is 2.17. The molecule has 136 valence electrons. The Morgan fingerprint density at radius 1 is 1.00 bits per heavy atom. The van der Waals surface area contributed by atoms with Gasteiger partial charge < -0.3 is 9.47 Å². The predicted molar refractivity (Wildman–Crippen MR) is 101 cm³/mol. The summed E-state index contributed by atoms with van der Waals surface area (Å²) in [4.78, 5) is 0. The zero-order valence-electron chi connectivity index (χ0n) is 15.2. The Labute approximate surface area is 150 Å². The van der Waals surface area contributed by atoms with E-state index in [1.165, 1.54) is 4.31 Å². The van der Waals surface area contributed by atoms with Gasteiger partial charge in [0, 0.05) is 6.54 Å². The number of anilines is 1. The van der Waals surface area contributed by atoms with Gasteiger partial charge in [-0.15, -0.1) is 0 Å². The van der Waals surface area contributed by atoms with Crippen LogP contribution in [0, 0.1) is 6.92 Å². The molecule has 2 aromatic rings. The number of aryl methyl sites for hydroxylation is 2. The molecule has 0 unspecified atom stereocenters. The van der Waals surface area contributed by atoms with Crippen molar-refractivity contribution < 1.29 is 17.9 Å². The lowest BCUT2D eigenvalue weighted by molar-refractivity contribution is 0.354. The molecule has 0 fully saturated rings. The molecule has 2 aromatic carbocycles. The first-order valence-corrected chi connectivity index (χ1v) is 9.80. The van der Waals surface area contributed by atoms with Gasteiger partial charge in [0.05, 0.1) is 25.7 Å². The maximum atomic E-state index is 12.8. The molecule has 0 spiro atoms. The van der Waals surface area contributed by atoms with Crippen LogP contribution in [0.3, 0.4) is 0 Å². The van der Waals surface area contributed by atoms with E-state index < -0.39 is 10.0 Å². The van der Waals surface area contributed by atoms with Crippen LogP contribution in [0.4, 0.5) is 5.69 Å². The summed E-state index contributed by atoms with van der Waals surface area (Å²) in [7, 11) is -0.278. The van der Waals surface area contributed by atoms with Crippen molar-refractivity contribution in [1.29, 1.82) is 0 Å². The van der Waals surface area contributed by atoms with Crippen molar-refractivity contribution in [2.75, 3.05) is 30.8 Å². The van der Waals surface area contributed by atoms with Crippen molar-refractivity contribution in [3.63, 3.8) is 0 Å². The van der Waals surface area contributed by atoms with Gasteiger partial charge in [-0.05, 0) is 55.7 Å². The maximum absolute atomic E-state index is 12.8. The standard InChI is InChI=1S/C19H25NO4S/c1-5-20(17-8-6-7-15(2)13-17)25(21,22)12-11-16-9-10-18(23-3)19(14-16)24-4/h6-10,13-14H,5,11-12H2,1-4H3. The second kappa shape index (κ2) is 8.25. The van der Waals surface area contributed by atoms with Crippen LogP contribution in [-0.2, 0) is 16.4 Å². The summed E-state index contributed by atoms with van der Waals surface area (Å²) in [5.41, 5.74) is 2.63. The van der Waals surface area contributed by atoms with Crippen molar-refractivity contribution in [2.45, 2.75) is 20.3 Å². The molecule has 0 bridgehead atoms. The Bertz CT molecular complexity index is 818. The van der Waals surface area contributed by atoms with E-state index >= 15 is 0 Å². The molecule has 0 amide bonds. The molecule has 5 nitrogen and oxygen atoms in total. The molecule has 0 aliphatic heterocycles. The van der Waals surface area contributed by atoms with Crippen LogP contribution >= 0.6 is 0 Å². The lowest BCUT2D eigenvalue weighted by atomic mass is 10.1. The molecule has 2 rings (SSSR count). The Morgan fingerprint density at radius 3 is 2.32 bits per heavy atom. The average molecular weight is 363 g/mol. The van der Waals surface area contributed by atoms with Gasteiger partial charge in [0.15, 0.2) is 11.5 Å². The quantitative estimate of drug-likeness (QED) is 0.721. The van der Waals surface area contributed by atoms with Gasteiger partial charge in [0.2, 0.25) is 10.0 Å². The Hall–Kier alpha value is -2.21. The molecular formula is C19H25NO4S. The lowest BCUT2D eigenvalue weighted by Gasteiger charge is -2.23. The van der Waals surface area contributed by atoms with Crippen molar-refractivity contribution in [3.05, 3.63) is 53.6 Å². The number of sulfonamides is 1. The molecule has 0 aliphatic rings. The van der Waals surface area contributed by atoms with Gasteiger partial charge in [-0.25, -0.2) is 8.42 Å². The number of hydrogen-bond acceptors (Lipinski definition) is 4. The predicted octanol–water partition coefficient (Wildman–Crippen LogP) is 3.41. The van der Waals surface area contributed by atoms with E-state index in [2.05, 4.69) is 0 Å². The van der Waals surface area contributed by atoms with Crippen molar-refractivity contribution in [3.8, 4) is 11.5 Å². The van der Waals surface area contributed by atoms with Gasteiger partial charge in [-0.2, -0.15) is 0 Å². The molecule has 0 aromatic heterocycles. The minimum atomic E-state index is -3.41. The van der Waals surface area contributed by atoms with Crippen LogP contribution in [0.15, 0.2) is 42.5 Å². The summed E-state index contributed by atoms with van der Waals surface area (Å²) in [5.74, 6) is 1.26. The second-order valence-corrected chi connectivity index (χ2v) is 7.77. The molecule has 0 aliphatic carbocycles. The highest BCUT2D eigenvalue weighted by Crippen LogP contribution is 2.28. The average Bonchev–Trinajstić information content (AvgIpc) is 2.60. The molecule has 0 radical (unpaired) electrons. The monoisotopic (exact) mass is 363 g/mol. The highest BCUT2D eigenvalue weighted by molar-refractivity contribution is 7.92. The van der Waals surface area contributed by atoms with Crippen LogP contribution in [0.2, 0.25) is 0 Å². The smallest absolute Gasteiger partial charge is 0.235 e. The molecule has 25 heavy (non-hydrogen) atoms. The summed E-state index contributed by atoms with van der Waals surface area (Å²) in [5, 5.41) is 0. The molecule has 0 atom stereocenters. The van der Waals surface area contributed by atoms with E-state index in [0.717, 1.165) is 11.1 Å². The van der Waals surface area contributed by atoms with Gasteiger partial charge in [-0.3, -0.25) is 4.31 Å². The van der Waals surface area contributed by atoms with Crippen molar-refractivity contribution in [2.24, 2.45) is 0 Å². The lowest BCUT2D eigenvalue weighted by Crippen LogP contribution is -2.33. The summed E-state index contributed by atoms with van der Waals surface area (Å²) in [6.45, 7) is 4.20. The third-order valence-electron chi connectivity index (χ3n) is 4.01. The van der Waals surface area contributed by atoms with Crippen molar-refractivity contribution >= 4 is 15.7 Å². The zero-order valence-corrected chi connectivity index (χ0v) is 16.0. The van der Waals surface area contributed by atoms with Crippen LogP contribution in [0.5, 0.6) is 11.5 Å². The van der Waals surface area contributed by atoms with E-state index in [4.69, 9.17) is 9.47 Å². The van der Waals surface area contributed by atoms with E-state index in [1.807, 2.05) is 50.2 Å². The summed E-state index contributed by atoms with van der Waals surface area (Å²) >= 11 is 0. The highest BCUT2D eigenvalue weighted by Gasteiger charge is 2.21. The third-order valence-corrected chi connectivity index (χ3v) is 5.87. The molecule has 0 heterocycles. The number of benzene rings is 2. The minimum absolute atomic E-state index is 0.0320. The Morgan fingerprint density at radius 2 is 1.72 bits per heavy atom. The molecule has 0 saturated heterocycles. The van der Waals surface area contributed by atoms with Crippen molar-refractivity contribution in [1.82, 2.24) is 0 Å². The number of rotatable bonds is 8. The molecule has 6 heteroatoms. The van der Waals surface area contributed by atoms with Gasteiger partial charge in [0.25, 0.3) is 0 Å². The summed E-state index contributed by atoms with van der Waals surface area (Å²) in [6.07, 6.45) is 0.408. The number of methoxy groups -OCH3 is 2. The van der Waals surface area contributed by atoms with E-state index in [-0.39, 0.29) is 5.75 Å². The minimum Gasteiger partial charge on any atom is -0.493 e. The van der Waals surface area contributed by atoms with E-state index in [1.54, 1.807) is 20.3 Å². The number of hydrogen-bond donors (Lipinski definition) is 0. The number of nitrogens with zero attached hydrogens (tertiary/aromatic N) is 1. The van der Waals surface area contributed by atoms with Gasteiger partial charge in [0.1, 0.15) is 0 Å².